The summed E-state index contributed by atoms with van der Waals surface area (Å²) in [5, 5.41) is 1.38. The van der Waals surface area contributed by atoms with Gasteiger partial charge in [-0.1, -0.05) is 26.5 Å². The smallest absolute Gasteiger partial charge is 0.0501 e. The van der Waals surface area contributed by atoms with Crippen LogP contribution in [0.4, 0.5) is 0 Å². The quantitative estimate of drug-likeness (QED) is 0.408. The van der Waals surface area contributed by atoms with Gasteiger partial charge in [0.25, 0.3) is 0 Å². The van der Waals surface area contributed by atoms with Crippen LogP contribution in [-0.2, 0) is 6.42 Å². The summed E-state index contributed by atoms with van der Waals surface area (Å²) in [5.41, 5.74) is 10.0. The van der Waals surface area contributed by atoms with Crippen LogP contribution in [0.25, 0.3) is 22.2 Å². The third-order valence-corrected chi connectivity index (χ3v) is 7.50. The maximum atomic E-state index is 4.58. The molecule has 4 heteroatoms. The molecule has 1 fully saturated rings. The van der Waals surface area contributed by atoms with E-state index in [0.29, 0.717) is 5.92 Å². The van der Waals surface area contributed by atoms with Crippen molar-refractivity contribution in [3.63, 3.8) is 0 Å². The molecule has 0 atom stereocenters. The third-order valence-electron chi connectivity index (χ3n) is 7.50. The number of hydrogen-bond acceptors (Lipinski definition) is 3. The molecule has 1 N–H and O–H groups in total. The Hall–Kier alpha value is -2.59. The molecule has 1 aromatic carbocycles. The standard InChI is InChI=1S/C30H42N4/c1-8-33(7)23(6)19-34-13-11-24(12-14-34)17-25-9-10-28-27(18-25)29(20(2)3)30(32-28)26-15-21(4)31-22(5)16-26/h9-10,15-16,18,20,24,32H,6,8,11-14,17,19H2,1-5,7H3. The van der Waals surface area contributed by atoms with Crippen molar-refractivity contribution in [2.75, 3.05) is 33.2 Å². The summed E-state index contributed by atoms with van der Waals surface area (Å²) in [6, 6.07) is 11.5. The molecule has 4 rings (SSSR count). The molecule has 0 unspecified atom stereocenters. The number of nitrogens with zero attached hydrogens (tertiary/aromatic N) is 3. The van der Waals surface area contributed by atoms with Gasteiger partial charge in [-0.25, -0.2) is 0 Å². The summed E-state index contributed by atoms with van der Waals surface area (Å²) in [6.07, 6.45) is 3.71. The largest absolute Gasteiger partial charge is 0.378 e. The van der Waals surface area contributed by atoms with E-state index < -0.39 is 0 Å². The molecule has 0 radical (unpaired) electrons. The lowest BCUT2D eigenvalue weighted by atomic mass is 9.89. The van der Waals surface area contributed by atoms with Gasteiger partial charge in [-0.2, -0.15) is 0 Å². The van der Waals surface area contributed by atoms with Crippen molar-refractivity contribution in [3.8, 4) is 11.3 Å². The number of likely N-dealkylation sites (N-methyl/N-ethyl adjacent to an activating group) is 1. The first-order valence-corrected chi connectivity index (χ1v) is 13.0. The summed E-state index contributed by atoms with van der Waals surface area (Å²) in [5.74, 6) is 1.21. The minimum absolute atomic E-state index is 0.449. The van der Waals surface area contributed by atoms with Crippen LogP contribution in [0.1, 0.15) is 62.0 Å². The molecule has 4 nitrogen and oxygen atoms in total. The monoisotopic (exact) mass is 458 g/mol. The summed E-state index contributed by atoms with van der Waals surface area (Å²) in [4.78, 5) is 13.1. The minimum atomic E-state index is 0.449. The van der Waals surface area contributed by atoms with Crippen LogP contribution in [0, 0.1) is 19.8 Å². The van der Waals surface area contributed by atoms with E-state index in [0.717, 1.165) is 30.4 Å². The number of aromatic amines is 1. The fourth-order valence-corrected chi connectivity index (χ4v) is 5.48. The topological polar surface area (TPSA) is 35.2 Å². The molecule has 2 aromatic heterocycles. The van der Waals surface area contributed by atoms with E-state index in [9.17, 15) is 0 Å². The zero-order chi connectivity index (χ0) is 24.4. The fourth-order valence-electron chi connectivity index (χ4n) is 5.48. The van der Waals surface area contributed by atoms with Gasteiger partial charge in [0.1, 0.15) is 0 Å². The van der Waals surface area contributed by atoms with E-state index in [1.807, 2.05) is 0 Å². The van der Waals surface area contributed by atoms with Crippen molar-refractivity contribution < 1.29 is 0 Å². The molecule has 0 aliphatic carbocycles. The Balaban J connectivity index is 1.51. The summed E-state index contributed by atoms with van der Waals surface area (Å²) >= 11 is 0. The van der Waals surface area contributed by atoms with Crippen molar-refractivity contribution in [1.82, 2.24) is 19.8 Å². The molecule has 0 spiro atoms. The Kier molecular flexibility index (Phi) is 7.47. The Morgan fingerprint density at radius 1 is 1.15 bits per heavy atom. The second kappa shape index (κ2) is 10.4. The Labute approximate surface area is 206 Å². The SMILES string of the molecule is C=C(CN1CCC(Cc2ccc3[nH]c(-c4cc(C)nc(C)c4)c(C(C)C)c3c2)CC1)N(C)CC. The molecular weight excluding hydrogens is 416 g/mol. The van der Waals surface area contributed by atoms with Gasteiger partial charge >= 0.3 is 0 Å². The van der Waals surface area contributed by atoms with Gasteiger partial charge in [0.15, 0.2) is 0 Å². The van der Waals surface area contributed by atoms with E-state index in [-0.39, 0.29) is 0 Å². The molecular formula is C30H42N4. The lowest BCUT2D eigenvalue weighted by Crippen LogP contribution is -2.37. The van der Waals surface area contributed by atoms with Crippen LogP contribution in [0.3, 0.4) is 0 Å². The maximum Gasteiger partial charge on any atom is 0.0501 e. The van der Waals surface area contributed by atoms with E-state index in [2.05, 4.69) is 98.3 Å². The third kappa shape index (κ3) is 5.38. The molecule has 1 aliphatic rings. The van der Waals surface area contributed by atoms with Crippen LogP contribution in [0.15, 0.2) is 42.6 Å². The average Bonchev–Trinajstić information content (AvgIpc) is 3.18. The molecule has 0 amide bonds. The highest BCUT2D eigenvalue weighted by molar-refractivity contribution is 5.92. The van der Waals surface area contributed by atoms with E-state index in [4.69, 9.17) is 0 Å². The first-order chi connectivity index (χ1) is 16.2. The zero-order valence-corrected chi connectivity index (χ0v) is 22.0. The van der Waals surface area contributed by atoms with Gasteiger partial charge in [-0.3, -0.25) is 9.88 Å². The first-order valence-electron chi connectivity index (χ1n) is 13.0. The van der Waals surface area contributed by atoms with Crippen LogP contribution in [0.2, 0.25) is 0 Å². The number of pyridine rings is 1. The van der Waals surface area contributed by atoms with Crippen LogP contribution < -0.4 is 0 Å². The zero-order valence-electron chi connectivity index (χ0n) is 22.0. The van der Waals surface area contributed by atoms with Crippen molar-refractivity contribution in [3.05, 3.63) is 65.1 Å². The van der Waals surface area contributed by atoms with Crippen molar-refractivity contribution in [1.29, 1.82) is 0 Å². The van der Waals surface area contributed by atoms with Crippen LogP contribution >= 0.6 is 0 Å². The number of benzene rings is 1. The lowest BCUT2D eigenvalue weighted by molar-refractivity contribution is 0.185. The normalized spacial score (nSPS) is 15.4. The maximum absolute atomic E-state index is 4.58. The number of fused-ring (bicyclic) bond motifs is 1. The van der Waals surface area contributed by atoms with Crippen molar-refractivity contribution >= 4 is 10.9 Å². The van der Waals surface area contributed by atoms with Crippen LogP contribution in [0.5, 0.6) is 0 Å². The minimum Gasteiger partial charge on any atom is -0.378 e. The average molecular weight is 459 g/mol. The van der Waals surface area contributed by atoms with E-state index in [1.54, 1.807) is 0 Å². The molecule has 3 aromatic rings. The number of H-pyrrole nitrogens is 1. The van der Waals surface area contributed by atoms with Gasteiger partial charge in [0.2, 0.25) is 0 Å². The Morgan fingerprint density at radius 2 is 1.82 bits per heavy atom. The number of aromatic nitrogens is 2. The number of piperidine rings is 1. The molecule has 182 valence electrons. The fraction of sp³-hybridized carbons (Fsp3) is 0.500. The Morgan fingerprint density at radius 3 is 2.44 bits per heavy atom. The summed E-state index contributed by atoms with van der Waals surface area (Å²) in [7, 11) is 2.14. The van der Waals surface area contributed by atoms with Crippen molar-refractivity contribution in [2.45, 2.75) is 59.8 Å². The van der Waals surface area contributed by atoms with Crippen LogP contribution in [-0.4, -0.2) is 53.0 Å². The van der Waals surface area contributed by atoms with Gasteiger partial charge in [0.05, 0.1) is 5.69 Å². The highest BCUT2D eigenvalue weighted by Crippen LogP contribution is 2.37. The predicted octanol–water partition coefficient (Wildman–Crippen LogP) is 6.69. The lowest BCUT2D eigenvalue weighted by Gasteiger charge is -2.34. The van der Waals surface area contributed by atoms with Crippen molar-refractivity contribution in [2.24, 2.45) is 5.92 Å². The number of rotatable bonds is 8. The van der Waals surface area contributed by atoms with Gasteiger partial charge in [-0.05, 0) is 100 Å². The van der Waals surface area contributed by atoms with E-state index >= 15 is 0 Å². The molecule has 3 heterocycles. The number of hydrogen-bond donors (Lipinski definition) is 1. The molecule has 34 heavy (non-hydrogen) atoms. The van der Waals surface area contributed by atoms with E-state index in [1.165, 1.54) is 71.3 Å². The molecule has 1 saturated heterocycles. The highest BCUT2D eigenvalue weighted by atomic mass is 15.2. The first kappa shape index (κ1) is 24.5. The molecule has 0 bridgehead atoms. The second-order valence-electron chi connectivity index (χ2n) is 10.6. The Bertz CT molecular complexity index is 1130. The van der Waals surface area contributed by atoms with Gasteiger partial charge in [0, 0.05) is 53.7 Å². The highest BCUT2D eigenvalue weighted by Gasteiger charge is 2.22. The van der Waals surface area contributed by atoms with Gasteiger partial charge < -0.3 is 9.88 Å². The predicted molar refractivity (Wildman–Crippen MR) is 145 cm³/mol. The number of nitrogens with one attached hydrogen (secondary N) is 1. The second-order valence-corrected chi connectivity index (χ2v) is 10.6. The molecule has 1 aliphatic heterocycles. The summed E-state index contributed by atoms with van der Waals surface area (Å²) in [6.45, 7) is 19.6. The molecule has 0 saturated carbocycles. The number of aryl methyl sites for hydroxylation is 2. The number of likely N-dealkylation sites (tertiary alicyclic amines) is 1. The summed E-state index contributed by atoms with van der Waals surface area (Å²) < 4.78 is 0. The van der Waals surface area contributed by atoms with Gasteiger partial charge in [-0.15, -0.1) is 0 Å².